The van der Waals surface area contributed by atoms with Crippen molar-refractivity contribution in [3.8, 4) is 17.1 Å². The lowest BCUT2D eigenvalue weighted by Crippen LogP contribution is -2.20. The van der Waals surface area contributed by atoms with Gasteiger partial charge in [-0.25, -0.2) is 0 Å². The quantitative estimate of drug-likeness (QED) is 0.584. The number of hydrogen-bond donors (Lipinski definition) is 1. The van der Waals surface area contributed by atoms with E-state index in [-0.39, 0.29) is 6.61 Å². The maximum atomic E-state index is 10.2. The van der Waals surface area contributed by atoms with Crippen LogP contribution in [0.3, 0.4) is 0 Å². The number of rotatable bonds is 7. The molecule has 6 nitrogen and oxygen atoms in total. The summed E-state index contributed by atoms with van der Waals surface area (Å²) in [7, 11) is 1.87. The Morgan fingerprint density at radius 3 is 2.85 bits per heavy atom. The molecule has 2 heterocycles. The zero-order valence-electron chi connectivity index (χ0n) is 14.1. The van der Waals surface area contributed by atoms with Gasteiger partial charge in [0.25, 0.3) is 0 Å². The number of thioether (sulfide) groups is 1. The molecule has 0 amide bonds. The van der Waals surface area contributed by atoms with E-state index in [2.05, 4.69) is 10.2 Å². The third kappa shape index (κ3) is 4.35. The fraction of sp³-hybridized carbons (Fsp3) is 0.294. The second-order valence-electron chi connectivity index (χ2n) is 5.61. The monoisotopic (exact) mass is 413 g/mol. The lowest BCUT2D eigenvalue weighted by molar-refractivity contribution is 0.126. The van der Waals surface area contributed by atoms with Crippen molar-refractivity contribution >= 4 is 35.0 Å². The zero-order valence-corrected chi connectivity index (χ0v) is 16.5. The Hall–Kier alpha value is -1.67. The predicted molar refractivity (Wildman–Crippen MR) is 102 cm³/mol. The van der Waals surface area contributed by atoms with E-state index in [1.807, 2.05) is 24.6 Å². The van der Waals surface area contributed by atoms with Crippen LogP contribution in [0.1, 0.15) is 5.76 Å². The van der Waals surface area contributed by atoms with Crippen LogP contribution >= 0.6 is 35.0 Å². The van der Waals surface area contributed by atoms with Gasteiger partial charge < -0.3 is 18.8 Å². The predicted octanol–water partition coefficient (Wildman–Crippen LogP) is 4.22. The van der Waals surface area contributed by atoms with Crippen LogP contribution in [0.25, 0.3) is 11.4 Å². The molecule has 0 saturated heterocycles. The van der Waals surface area contributed by atoms with E-state index in [0.29, 0.717) is 26.7 Å². The molecule has 0 spiro atoms. The van der Waals surface area contributed by atoms with Gasteiger partial charge in [0.2, 0.25) is 0 Å². The van der Waals surface area contributed by atoms with Crippen LogP contribution < -0.4 is 4.74 Å². The van der Waals surface area contributed by atoms with Gasteiger partial charge >= 0.3 is 0 Å². The first-order valence-electron chi connectivity index (χ1n) is 7.78. The Balaban J connectivity index is 1.57. The molecule has 1 atom stereocenters. The Morgan fingerprint density at radius 1 is 1.31 bits per heavy atom. The second-order valence-corrected chi connectivity index (χ2v) is 7.44. The second kappa shape index (κ2) is 8.35. The summed E-state index contributed by atoms with van der Waals surface area (Å²) in [5.74, 6) is 2.34. The van der Waals surface area contributed by atoms with Crippen molar-refractivity contribution in [3.05, 3.63) is 46.3 Å². The maximum Gasteiger partial charge on any atom is 0.191 e. The van der Waals surface area contributed by atoms with Gasteiger partial charge in [-0.05, 0) is 25.1 Å². The van der Waals surface area contributed by atoms with Gasteiger partial charge in [-0.1, -0.05) is 35.0 Å². The third-order valence-electron chi connectivity index (χ3n) is 3.66. The minimum atomic E-state index is -0.703. The smallest absolute Gasteiger partial charge is 0.191 e. The molecule has 9 heteroatoms. The van der Waals surface area contributed by atoms with Crippen molar-refractivity contribution in [2.24, 2.45) is 7.05 Å². The largest absolute Gasteiger partial charge is 0.489 e. The topological polar surface area (TPSA) is 73.3 Å². The van der Waals surface area contributed by atoms with Gasteiger partial charge in [0.05, 0.1) is 23.0 Å². The van der Waals surface area contributed by atoms with Crippen molar-refractivity contribution in [1.29, 1.82) is 0 Å². The number of aryl methyl sites for hydroxylation is 1. The van der Waals surface area contributed by atoms with E-state index >= 15 is 0 Å². The fourth-order valence-corrected chi connectivity index (χ4v) is 3.44. The van der Waals surface area contributed by atoms with Gasteiger partial charge in [0.1, 0.15) is 18.1 Å². The molecule has 0 bridgehead atoms. The molecule has 1 N–H and O–H groups in total. The minimum Gasteiger partial charge on any atom is -0.489 e. The molecule has 3 aromatic rings. The molecule has 0 unspecified atom stereocenters. The van der Waals surface area contributed by atoms with Gasteiger partial charge in [-0.3, -0.25) is 0 Å². The van der Waals surface area contributed by atoms with Crippen LogP contribution in [-0.4, -0.2) is 38.3 Å². The van der Waals surface area contributed by atoms with Crippen LogP contribution in [-0.2, 0) is 7.05 Å². The van der Waals surface area contributed by atoms with Crippen molar-refractivity contribution in [3.63, 3.8) is 0 Å². The first-order valence-corrected chi connectivity index (χ1v) is 9.52. The van der Waals surface area contributed by atoms with E-state index in [9.17, 15) is 5.11 Å². The summed E-state index contributed by atoms with van der Waals surface area (Å²) in [5, 5.41) is 20.2. The first-order chi connectivity index (χ1) is 12.5. The van der Waals surface area contributed by atoms with Crippen LogP contribution in [0.5, 0.6) is 5.75 Å². The van der Waals surface area contributed by atoms with Crippen molar-refractivity contribution < 1.29 is 14.3 Å². The molecule has 0 aliphatic rings. The summed E-state index contributed by atoms with van der Waals surface area (Å²) < 4.78 is 12.7. The Morgan fingerprint density at radius 2 is 2.12 bits per heavy atom. The van der Waals surface area contributed by atoms with Crippen molar-refractivity contribution in [2.45, 2.75) is 18.2 Å². The minimum absolute atomic E-state index is 0.0958. The van der Waals surface area contributed by atoms with Crippen LogP contribution in [0.2, 0.25) is 10.0 Å². The summed E-state index contributed by atoms with van der Waals surface area (Å²) >= 11 is 13.3. The average Bonchev–Trinajstić information content (AvgIpc) is 3.19. The lowest BCUT2D eigenvalue weighted by Gasteiger charge is -2.13. The summed E-state index contributed by atoms with van der Waals surface area (Å²) in [6, 6.07) is 6.80. The van der Waals surface area contributed by atoms with Crippen LogP contribution in [0.4, 0.5) is 0 Å². The van der Waals surface area contributed by atoms with Gasteiger partial charge in [0.15, 0.2) is 11.0 Å². The van der Waals surface area contributed by atoms with E-state index in [4.69, 9.17) is 32.4 Å². The highest BCUT2D eigenvalue weighted by Crippen LogP contribution is 2.29. The Labute approximate surface area is 165 Å². The third-order valence-corrected chi connectivity index (χ3v) is 5.38. The normalized spacial score (nSPS) is 12.3. The Bertz CT molecular complexity index is 897. The number of nitrogens with zero attached hydrogens (tertiary/aromatic N) is 3. The highest BCUT2D eigenvalue weighted by Gasteiger charge is 2.16. The molecular formula is C17H17Cl2N3O3S. The number of hydrogen-bond acceptors (Lipinski definition) is 6. The molecule has 0 aliphatic heterocycles. The number of ether oxygens (including phenoxy) is 1. The van der Waals surface area contributed by atoms with Crippen LogP contribution in [0.15, 0.2) is 40.1 Å². The molecule has 0 radical (unpaired) electrons. The molecule has 0 saturated carbocycles. The molecule has 138 valence electrons. The van der Waals surface area contributed by atoms with Crippen molar-refractivity contribution in [2.75, 3.05) is 12.4 Å². The number of benzene rings is 1. The van der Waals surface area contributed by atoms with E-state index in [0.717, 1.165) is 17.1 Å². The number of halogens is 2. The summed E-state index contributed by atoms with van der Waals surface area (Å²) in [6.07, 6.45) is 0.916. The van der Waals surface area contributed by atoms with E-state index < -0.39 is 6.10 Å². The molecule has 26 heavy (non-hydrogen) atoms. The van der Waals surface area contributed by atoms with Gasteiger partial charge in [-0.15, -0.1) is 10.2 Å². The molecule has 0 aliphatic carbocycles. The summed E-state index contributed by atoms with van der Waals surface area (Å²) in [4.78, 5) is 0. The molecule has 0 fully saturated rings. The number of aromatic nitrogens is 3. The van der Waals surface area contributed by atoms with Crippen molar-refractivity contribution in [1.82, 2.24) is 14.8 Å². The maximum absolute atomic E-state index is 10.2. The number of aliphatic hydroxyl groups excluding tert-OH is 1. The molecular weight excluding hydrogens is 397 g/mol. The van der Waals surface area contributed by atoms with Gasteiger partial charge in [-0.2, -0.15) is 0 Å². The SMILES string of the molecule is Cc1occc1-c1nnc(SC[C@H](O)COc2cc(Cl)ccc2Cl)n1C. The number of furan rings is 1. The van der Waals surface area contributed by atoms with Crippen LogP contribution in [0, 0.1) is 6.92 Å². The standard InChI is InChI=1S/C17H17Cl2N3O3S/c1-10-13(5-6-24-10)16-20-21-17(22(16)2)26-9-12(23)8-25-15-7-11(18)3-4-14(15)19/h3-7,12,23H,8-9H2,1-2H3/t12-/m1/s1. The summed E-state index contributed by atoms with van der Waals surface area (Å²) in [6.45, 7) is 1.97. The average molecular weight is 414 g/mol. The van der Waals surface area contributed by atoms with E-state index in [1.54, 1.807) is 24.5 Å². The molecule has 3 rings (SSSR count). The lowest BCUT2D eigenvalue weighted by atomic mass is 10.2. The summed E-state index contributed by atoms with van der Waals surface area (Å²) in [5.41, 5.74) is 0.895. The Kier molecular flexibility index (Phi) is 6.13. The number of aliphatic hydroxyl groups is 1. The van der Waals surface area contributed by atoms with E-state index in [1.165, 1.54) is 11.8 Å². The van der Waals surface area contributed by atoms with Gasteiger partial charge in [0, 0.05) is 23.9 Å². The highest BCUT2D eigenvalue weighted by atomic mass is 35.5. The fourth-order valence-electron chi connectivity index (χ4n) is 2.28. The first kappa shape index (κ1) is 19.1. The molecule has 2 aromatic heterocycles. The molecule has 1 aromatic carbocycles. The zero-order chi connectivity index (χ0) is 18.7. The highest BCUT2D eigenvalue weighted by molar-refractivity contribution is 7.99.